The molecule has 0 fully saturated rings. The molecule has 0 atom stereocenters. The van der Waals surface area contributed by atoms with E-state index in [4.69, 9.17) is 33.7 Å². The zero-order chi connectivity index (χ0) is 16.0. The Bertz CT molecular complexity index is 673. The number of ether oxygens (including phenoxy) is 1. The number of rotatable bonds is 3. The first-order valence-corrected chi connectivity index (χ1v) is 7.00. The molecule has 21 heavy (non-hydrogen) atoms. The van der Waals surface area contributed by atoms with E-state index in [2.05, 4.69) is 5.10 Å². The molecule has 10 heteroatoms. The summed E-state index contributed by atoms with van der Waals surface area (Å²) in [5, 5.41) is 4.09. The van der Waals surface area contributed by atoms with Crippen LogP contribution in [0.25, 0.3) is 0 Å². The van der Waals surface area contributed by atoms with Gasteiger partial charge in [0.05, 0.1) is 25.5 Å². The molecule has 0 aliphatic rings. The predicted molar refractivity (Wildman–Crippen MR) is 77.3 cm³/mol. The predicted octanol–water partition coefficient (Wildman–Crippen LogP) is 0.452. The normalized spacial score (nSPS) is 10.6. The van der Waals surface area contributed by atoms with E-state index in [0.717, 1.165) is 11.3 Å². The van der Waals surface area contributed by atoms with Gasteiger partial charge in [0.25, 0.3) is 0 Å². The van der Waals surface area contributed by atoms with Gasteiger partial charge in [-0.3, -0.25) is 9.11 Å². The molecular weight excluding hydrogens is 300 g/mol. The molecule has 0 spiro atoms. The fourth-order valence-electron chi connectivity index (χ4n) is 1.44. The van der Waals surface area contributed by atoms with Crippen LogP contribution >= 0.6 is 0 Å². The van der Waals surface area contributed by atoms with Crippen molar-refractivity contribution in [1.29, 1.82) is 0 Å². The number of benzene rings is 1. The van der Waals surface area contributed by atoms with Crippen molar-refractivity contribution in [1.82, 2.24) is 9.78 Å². The highest BCUT2D eigenvalue weighted by Gasteiger charge is 2.04. The molecule has 0 unspecified atom stereocenters. The highest BCUT2D eigenvalue weighted by Crippen LogP contribution is 2.16. The van der Waals surface area contributed by atoms with Crippen molar-refractivity contribution in [3.8, 4) is 5.75 Å². The molecule has 0 saturated carbocycles. The van der Waals surface area contributed by atoms with E-state index in [1.807, 2.05) is 24.3 Å². The molecule has 0 aliphatic carbocycles. The first-order chi connectivity index (χ1) is 9.70. The largest absolute Gasteiger partial charge is 0.497 e. The van der Waals surface area contributed by atoms with Crippen molar-refractivity contribution in [2.45, 2.75) is 6.54 Å². The molecule has 0 radical (unpaired) electrons. The Labute approximate surface area is 121 Å². The summed E-state index contributed by atoms with van der Waals surface area (Å²) >= 11 is 0. The van der Waals surface area contributed by atoms with E-state index < -0.39 is 10.4 Å². The smallest absolute Gasteiger partial charge is 0.394 e. The lowest BCUT2D eigenvalue weighted by atomic mass is 10.2. The molecule has 0 bridgehead atoms. The number of aromatic nitrogens is 2. The van der Waals surface area contributed by atoms with Gasteiger partial charge in [0, 0.05) is 0 Å². The average molecular weight is 316 g/mol. The first kappa shape index (κ1) is 16.8. The van der Waals surface area contributed by atoms with Crippen LogP contribution in [0.2, 0.25) is 0 Å². The lowest BCUT2D eigenvalue weighted by Crippen LogP contribution is -2.06. The minimum absolute atomic E-state index is 0.496. The number of nitrogens with zero attached hydrogens (tertiary/aromatic N) is 2. The van der Waals surface area contributed by atoms with Crippen LogP contribution in [0.1, 0.15) is 5.56 Å². The molecule has 2 rings (SSSR count). The Kier molecular flexibility index (Phi) is 5.52. The molecule has 0 aliphatic heterocycles. The van der Waals surface area contributed by atoms with Crippen LogP contribution in [0.15, 0.2) is 30.5 Å². The molecule has 1 aromatic heterocycles. The fourth-order valence-corrected chi connectivity index (χ4v) is 1.44. The Hall–Kier alpha value is -2.30. The molecule has 2 aromatic rings. The number of hydrogen-bond donors (Lipinski definition) is 4. The minimum Gasteiger partial charge on any atom is -0.497 e. The number of hydrogen-bond acceptors (Lipinski definition) is 6. The van der Waals surface area contributed by atoms with Crippen molar-refractivity contribution in [2.24, 2.45) is 0 Å². The molecule has 1 heterocycles. The molecule has 0 saturated heterocycles. The first-order valence-electron chi connectivity index (χ1n) is 5.60. The molecule has 0 amide bonds. The third-order valence-electron chi connectivity index (χ3n) is 2.40. The van der Waals surface area contributed by atoms with Gasteiger partial charge in [-0.05, 0) is 17.7 Å². The standard InChI is InChI=1S/C11H14N4O.H2O4S/c1-16-9-4-2-8(3-5-9)7-15-11(13)10(12)6-14-15;1-5(2,3)4/h2-6H,7,12-13H2,1H3;(H2,1,2,3,4). The molecule has 6 N–H and O–H groups in total. The second kappa shape index (κ2) is 6.92. The van der Waals surface area contributed by atoms with Crippen molar-refractivity contribution in [2.75, 3.05) is 18.6 Å². The summed E-state index contributed by atoms with van der Waals surface area (Å²) in [5.41, 5.74) is 13.0. The van der Waals surface area contributed by atoms with Crippen LogP contribution < -0.4 is 16.2 Å². The summed E-state index contributed by atoms with van der Waals surface area (Å²) in [6.45, 7) is 0.604. The van der Waals surface area contributed by atoms with Crippen LogP contribution in [0.5, 0.6) is 5.75 Å². The molecule has 1 aromatic carbocycles. The highest BCUT2D eigenvalue weighted by atomic mass is 32.3. The van der Waals surface area contributed by atoms with Crippen molar-refractivity contribution >= 4 is 21.9 Å². The van der Waals surface area contributed by atoms with E-state index in [0.29, 0.717) is 18.1 Å². The van der Waals surface area contributed by atoms with Crippen LogP contribution in [0.4, 0.5) is 11.5 Å². The third-order valence-corrected chi connectivity index (χ3v) is 2.40. The Balaban J connectivity index is 0.000000383. The maximum atomic E-state index is 8.74. The van der Waals surface area contributed by atoms with Gasteiger partial charge in [0.2, 0.25) is 0 Å². The van der Waals surface area contributed by atoms with Crippen LogP contribution in [-0.2, 0) is 16.9 Å². The van der Waals surface area contributed by atoms with Gasteiger partial charge in [-0.2, -0.15) is 13.5 Å². The molecular formula is C11H16N4O5S. The van der Waals surface area contributed by atoms with E-state index in [1.165, 1.54) is 0 Å². The van der Waals surface area contributed by atoms with Gasteiger partial charge in [-0.15, -0.1) is 0 Å². The highest BCUT2D eigenvalue weighted by molar-refractivity contribution is 7.79. The fraction of sp³-hybridized carbons (Fsp3) is 0.182. The maximum Gasteiger partial charge on any atom is 0.394 e. The van der Waals surface area contributed by atoms with E-state index in [-0.39, 0.29) is 0 Å². The lowest BCUT2D eigenvalue weighted by molar-refractivity contribution is 0.381. The van der Waals surface area contributed by atoms with Crippen molar-refractivity contribution in [3.63, 3.8) is 0 Å². The monoisotopic (exact) mass is 316 g/mol. The van der Waals surface area contributed by atoms with E-state index >= 15 is 0 Å². The van der Waals surface area contributed by atoms with Crippen molar-refractivity contribution < 1.29 is 22.3 Å². The average Bonchev–Trinajstić information content (AvgIpc) is 2.70. The summed E-state index contributed by atoms with van der Waals surface area (Å²) in [5.74, 6) is 1.33. The van der Waals surface area contributed by atoms with E-state index in [1.54, 1.807) is 18.0 Å². The topological polar surface area (TPSA) is 154 Å². The van der Waals surface area contributed by atoms with Gasteiger partial charge < -0.3 is 16.2 Å². The van der Waals surface area contributed by atoms with Gasteiger partial charge in [-0.1, -0.05) is 12.1 Å². The van der Waals surface area contributed by atoms with Gasteiger partial charge in [0.1, 0.15) is 11.6 Å². The number of anilines is 2. The maximum absolute atomic E-state index is 8.74. The van der Waals surface area contributed by atoms with E-state index in [9.17, 15) is 0 Å². The quantitative estimate of drug-likeness (QED) is 0.595. The van der Waals surface area contributed by atoms with Crippen LogP contribution in [0, 0.1) is 0 Å². The summed E-state index contributed by atoms with van der Waals surface area (Å²) < 4.78 is 38.3. The van der Waals surface area contributed by atoms with Gasteiger partial charge in [-0.25, -0.2) is 4.68 Å². The summed E-state index contributed by atoms with van der Waals surface area (Å²) in [6, 6.07) is 7.74. The Morgan fingerprint density at radius 3 is 2.14 bits per heavy atom. The number of nitrogen functional groups attached to an aromatic ring is 2. The van der Waals surface area contributed by atoms with Crippen LogP contribution in [-0.4, -0.2) is 34.4 Å². The second-order valence-corrected chi connectivity index (χ2v) is 4.83. The zero-order valence-electron chi connectivity index (χ0n) is 11.2. The lowest BCUT2D eigenvalue weighted by Gasteiger charge is -2.05. The zero-order valence-corrected chi connectivity index (χ0v) is 12.0. The van der Waals surface area contributed by atoms with Gasteiger partial charge >= 0.3 is 10.4 Å². The summed E-state index contributed by atoms with van der Waals surface area (Å²) in [6.07, 6.45) is 1.55. The Morgan fingerprint density at radius 1 is 1.24 bits per heavy atom. The third kappa shape index (κ3) is 6.12. The molecule has 9 nitrogen and oxygen atoms in total. The number of methoxy groups -OCH3 is 1. The SMILES string of the molecule is COc1ccc(Cn2ncc(N)c2N)cc1.O=S(=O)(O)O. The van der Waals surface area contributed by atoms with Gasteiger partial charge in [0.15, 0.2) is 0 Å². The molecule has 116 valence electrons. The Morgan fingerprint density at radius 2 is 1.76 bits per heavy atom. The second-order valence-electron chi connectivity index (χ2n) is 3.94. The number of nitrogens with two attached hydrogens (primary N) is 2. The summed E-state index contributed by atoms with van der Waals surface area (Å²) in [7, 11) is -3.03. The summed E-state index contributed by atoms with van der Waals surface area (Å²) in [4.78, 5) is 0. The van der Waals surface area contributed by atoms with Crippen molar-refractivity contribution in [3.05, 3.63) is 36.0 Å². The minimum atomic E-state index is -4.67. The van der Waals surface area contributed by atoms with Crippen LogP contribution in [0.3, 0.4) is 0 Å².